The van der Waals surface area contributed by atoms with Crippen LogP contribution in [0.15, 0.2) is 48.5 Å². The van der Waals surface area contributed by atoms with Crippen LogP contribution in [0.25, 0.3) is 0 Å². The van der Waals surface area contributed by atoms with E-state index < -0.39 is 5.91 Å². The second kappa shape index (κ2) is 9.98. The zero-order chi connectivity index (χ0) is 22.3. The first-order chi connectivity index (χ1) is 14.1. The van der Waals surface area contributed by atoms with E-state index in [2.05, 4.69) is 42.3 Å². The zero-order valence-corrected chi connectivity index (χ0v) is 18.3. The fourth-order valence-corrected chi connectivity index (χ4v) is 2.63. The van der Waals surface area contributed by atoms with Crippen LogP contribution in [0.4, 0.5) is 5.69 Å². The molecule has 0 aromatic heterocycles. The highest BCUT2D eigenvalue weighted by Crippen LogP contribution is 2.22. The van der Waals surface area contributed by atoms with Gasteiger partial charge in [-0.25, -0.2) is 0 Å². The van der Waals surface area contributed by atoms with Gasteiger partial charge in [0.2, 0.25) is 5.91 Å². The molecule has 0 radical (unpaired) electrons. The number of carbonyl (C=O) groups is 3. The summed E-state index contributed by atoms with van der Waals surface area (Å²) < 4.78 is 0. The lowest BCUT2D eigenvalue weighted by Gasteiger charge is -2.19. The third-order valence-electron chi connectivity index (χ3n) is 4.28. The molecule has 0 aliphatic heterocycles. The van der Waals surface area contributed by atoms with Gasteiger partial charge in [0.1, 0.15) is 0 Å². The van der Waals surface area contributed by atoms with Gasteiger partial charge in [0.05, 0.1) is 0 Å². The van der Waals surface area contributed by atoms with Crippen LogP contribution < -0.4 is 21.5 Å². The van der Waals surface area contributed by atoms with Crippen LogP contribution in [-0.2, 0) is 10.2 Å². The predicted octanol–water partition coefficient (Wildman–Crippen LogP) is 3.28. The van der Waals surface area contributed by atoms with Gasteiger partial charge in [0.15, 0.2) is 5.11 Å². The van der Waals surface area contributed by atoms with Crippen molar-refractivity contribution in [2.75, 3.05) is 5.32 Å². The van der Waals surface area contributed by atoms with Crippen LogP contribution in [-0.4, -0.2) is 22.8 Å². The number of carbonyl (C=O) groups excluding carboxylic acids is 3. The van der Waals surface area contributed by atoms with Crippen LogP contribution in [0.5, 0.6) is 0 Å². The predicted molar refractivity (Wildman–Crippen MR) is 121 cm³/mol. The molecule has 0 fully saturated rings. The van der Waals surface area contributed by atoms with Gasteiger partial charge in [-0.1, -0.05) is 39.8 Å². The largest absolute Gasteiger partial charge is 0.322 e. The molecule has 3 amide bonds. The van der Waals surface area contributed by atoms with E-state index in [9.17, 15) is 14.4 Å². The number of nitrogens with one attached hydrogen (secondary N) is 4. The summed E-state index contributed by atoms with van der Waals surface area (Å²) in [6.45, 7) is 8.04. The standard InChI is InChI=1S/C22H26N4O3S/c1-5-18(27)24-21(30)26-25-20(29)15-8-12-17(13-9-15)23-19(28)14-6-10-16(11-7-14)22(2,3)4/h6-13H,5H2,1-4H3,(H,23,28)(H,25,29)(H2,24,26,27,30). The van der Waals surface area contributed by atoms with Gasteiger partial charge in [-0.05, 0) is 59.6 Å². The van der Waals surface area contributed by atoms with Gasteiger partial charge in [-0.3, -0.25) is 25.2 Å². The van der Waals surface area contributed by atoms with Crippen molar-refractivity contribution in [2.24, 2.45) is 0 Å². The summed E-state index contributed by atoms with van der Waals surface area (Å²) in [7, 11) is 0. The highest BCUT2D eigenvalue weighted by Gasteiger charge is 2.14. The highest BCUT2D eigenvalue weighted by atomic mass is 32.1. The Bertz CT molecular complexity index is 932. The molecule has 0 unspecified atom stereocenters. The maximum absolute atomic E-state index is 12.4. The van der Waals surface area contributed by atoms with Gasteiger partial charge < -0.3 is 10.6 Å². The topological polar surface area (TPSA) is 99.3 Å². The number of hydrogen-bond donors (Lipinski definition) is 4. The Morgan fingerprint density at radius 1 is 0.833 bits per heavy atom. The van der Waals surface area contributed by atoms with Crippen LogP contribution in [0.2, 0.25) is 0 Å². The van der Waals surface area contributed by atoms with Crippen LogP contribution in [0, 0.1) is 0 Å². The van der Waals surface area contributed by atoms with Gasteiger partial charge >= 0.3 is 0 Å². The number of thiocarbonyl (C=S) groups is 1. The van der Waals surface area contributed by atoms with Gasteiger partial charge in [-0.15, -0.1) is 0 Å². The van der Waals surface area contributed by atoms with Crippen molar-refractivity contribution >= 4 is 40.7 Å². The lowest BCUT2D eigenvalue weighted by Crippen LogP contribution is -2.48. The molecule has 7 nitrogen and oxygen atoms in total. The third-order valence-corrected chi connectivity index (χ3v) is 4.49. The van der Waals surface area contributed by atoms with E-state index >= 15 is 0 Å². The molecule has 0 spiro atoms. The number of rotatable bonds is 4. The second-order valence-electron chi connectivity index (χ2n) is 7.67. The van der Waals surface area contributed by atoms with Crippen molar-refractivity contribution < 1.29 is 14.4 Å². The van der Waals surface area contributed by atoms with Crippen molar-refractivity contribution in [2.45, 2.75) is 39.5 Å². The minimum atomic E-state index is -0.432. The number of anilines is 1. The average molecular weight is 427 g/mol. The Hall–Kier alpha value is -3.26. The molecule has 158 valence electrons. The molecule has 0 aliphatic carbocycles. The Labute approximate surface area is 181 Å². The summed E-state index contributed by atoms with van der Waals surface area (Å²) in [6, 6.07) is 13.9. The molecule has 0 atom stereocenters. The first kappa shape index (κ1) is 23.0. The van der Waals surface area contributed by atoms with Crippen LogP contribution in [0.3, 0.4) is 0 Å². The van der Waals surface area contributed by atoms with E-state index in [1.54, 1.807) is 43.3 Å². The molecule has 2 aromatic rings. The van der Waals surface area contributed by atoms with E-state index in [1.165, 1.54) is 0 Å². The maximum Gasteiger partial charge on any atom is 0.269 e. The Morgan fingerprint density at radius 3 is 1.90 bits per heavy atom. The number of amides is 3. The van der Waals surface area contributed by atoms with Gasteiger partial charge in [0, 0.05) is 23.2 Å². The first-order valence-electron chi connectivity index (χ1n) is 9.52. The van der Waals surface area contributed by atoms with Crippen molar-refractivity contribution in [3.8, 4) is 0 Å². The molecule has 4 N–H and O–H groups in total. The van der Waals surface area contributed by atoms with Crippen molar-refractivity contribution in [3.63, 3.8) is 0 Å². The summed E-state index contributed by atoms with van der Waals surface area (Å²) >= 11 is 4.90. The molecular formula is C22H26N4O3S. The van der Waals surface area contributed by atoms with E-state index in [-0.39, 0.29) is 28.8 Å². The van der Waals surface area contributed by atoms with E-state index in [0.717, 1.165) is 5.56 Å². The highest BCUT2D eigenvalue weighted by molar-refractivity contribution is 7.80. The number of benzene rings is 2. The third kappa shape index (κ3) is 6.66. The molecule has 0 aliphatic rings. The Kier molecular flexibility index (Phi) is 7.66. The number of hydrogen-bond acceptors (Lipinski definition) is 4. The zero-order valence-electron chi connectivity index (χ0n) is 17.5. The fourth-order valence-electron chi connectivity index (χ4n) is 2.46. The molecule has 0 bridgehead atoms. The quantitative estimate of drug-likeness (QED) is 0.444. The molecule has 2 rings (SSSR count). The van der Waals surface area contributed by atoms with E-state index in [1.807, 2.05) is 12.1 Å². The van der Waals surface area contributed by atoms with E-state index in [0.29, 0.717) is 16.8 Å². The smallest absolute Gasteiger partial charge is 0.269 e. The molecule has 0 heterocycles. The monoisotopic (exact) mass is 426 g/mol. The van der Waals surface area contributed by atoms with Crippen LogP contribution in [0.1, 0.15) is 60.4 Å². The summed E-state index contributed by atoms with van der Waals surface area (Å²) in [5.41, 5.74) is 7.51. The average Bonchev–Trinajstić information content (AvgIpc) is 2.71. The van der Waals surface area contributed by atoms with Crippen LogP contribution >= 0.6 is 12.2 Å². The van der Waals surface area contributed by atoms with Gasteiger partial charge in [0.25, 0.3) is 11.8 Å². The summed E-state index contributed by atoms with van der Waals surface area (Å²) in [5.74, 6) is -0.917. The molecule has 30 heavy (non-hydrogen) atoms. The number of hydrazine groups is 1. The Morgan fingerprint density at radius 2 is 1.37 bits per heavy atom. The van der Waals surface area contributed by atoms with Crippen molar-refractivity contribution in [1.82, 2.24) is 16.2 Å². The molecule has 0 saturated heterocycles. The van der Waals surface area contributed by atoms with Gasteiger partial charge in [-0.2, -0.15) is 0 Å². The molecule has 0 saturated carbocycles. The van der Waals surface area contributed by atoms with Crippen molar-refractivity contribution in [1.29, 1.82) is 0 Å². The summed E-state index contributed by atoms with van der Waals surface area (Å²) in [4.78, 5) is 35.8. The molecular weight excluding hydrogens is 400 g/mol. The summed E-state index contributed by atoms with van der Waals surface area (Å²) in [6.07, 6.45) is 0.281. The SMILES string of the molecule is CCC(=O)NC(=S)NNC(=O)c1ccc(NC(=O)c2ccc(C(C)(C)C)cc2)cc1. The normalized spacial score (nSPS) is 10.7. The van der Waals surface area contributed by atoms with E-state index in [4.69, 9.17) is 12.2 Å². The second-order valence-corrected chi connectivity index (χ2v) is 8.08. The fraction of sp³-hybridized carbons (Fsp3) is 0.273. The minimum Gasteiger partial charge on any atom is -0.322 e. The summed E-state index contributed by atoms with van der Waals surface area (Å²) in [5, 5.41) is 5.23. The lowest BCUT2D eigenvalue weighted by molar-refractivity contribution is -0.119. The molecule has 2 aromatic carbocycles. The first-order valence-corrected chi connectivity index (χ1v) is 9.93. The molecule has 8 heteroatoms. The Balaban J connectivity index is 1.92. The lowest BCUT2D eigenvalue weighted by atomic mass is 9.87. The maximum atomic E-state index is 12.4. The van der Waals surface area contributed by atoms with Crippen molar-refractivity contribution in [3.05, 3.63) is 65.2 Å². The minimum absolute atomic E-state index is 0.0107.